The summed E-state index contributed by atoms with van der Waals surface area (Å²) in [4.78, 5) is 2.15. The number of halogens is 1. The topological polar surface area (TPSA) is 33.7 Å². The molecule has 144 valence electrons. The zero-order valence-corrected chi connectivity index (χ0v) is 17.3. The van der Waals surface area contributed by atoms with Crippen molar-refractivity contribution in [3.05, 3.63) is 58.6 Å². The molecule has 1 fully saturated rings. The summed E-state index contributed by atoms with van der Waals surface area (Å²) in [6.45, 7) is 4.31. The molecular formula is C21H25ClN2O2S. The average molecular weight is 405 g/mol. The van der Waals surface area contributed by atoms with Crippen LogP contribution in [0, 0.1) is 6.92 Å². The number of hydrogen-bond donors (Lipinski definition) is 1. The Morgan fingerprint density at radius 1 is 1.30 bits per heavy atom. The maximum atomic E-state index is 6.02. The van der Waals surface area contributed by atoms with Crippen LogP contribution in [0.2, 0.25) is 5.02 Å². The molecule has 1 aliphatic heterocycles. The van der Waals surface area contributed by atoms with Crippen LogP contribution in [0.15, 0.2) is 42.5 Å². The zero-order valence-electron chi connectivity index (χ0n) is 15.7. The maximum Gasteiger partial charge on any atom is 0.173 e. The van der Waals surface area contributed by atoms with Crippen molar-refractivity contribution in [1.82, 2.24) is 4.90 Å². The van der Waals surface area contributed by atoms with E-state index in [0.29, 0.717) is 11.7 Å². The van der Waals surface area contributed by atoms with Crippen molar-refractivity contribution in [2.24, 2.45) is 0 Å². The van der Waals surface area contributed by atoms with Crippen LogP contribution in [-0.4, -0.2) is 36.4 Å². The third-order valence-electron chi connectivity index (χ3n) is 4.62. The average Bonchev–Trinajstić information content (AvgIpc) is 3.17. The Morgan fingerprint density at radius 2 is 2.07 bits per heavy atom. The summed E-state index contributed by atoms with van der Waals surface area (Å²) in [5, 5.41) is 4.73. The molecule has 1 aliphatic rings. The van der Waals surface area contributed by atoms with Crippen molar-refractivity contribution in [3.8, 4) is 5.75 Å². The Balaban J connectivity index is 1.76. The molecule has 1 saturated heterocycles. The first kappa shape index (κ1) is 19.9. The molecule has 0 saturated carbocycles. The summed E-state index contributed by atoms with van der Waals surface area (Å²) in [6.07, 6.45) is 2.37. The number of rotatable bonds is 6. The fraction of sp³-hybridized carbons (Fsp3) is 0.381. The van der Waals surface area contributed by atoms with E-state index < -0.39 is 0 Å². The number of benzene rings is 2. The minimum atomic E-state index is 0.206. The highest BCUT2D eigenvalue weighted by molar-refractivity contribution is 7.80. The van der Waals surface area contributed by atoms with E-state index in [1.807, 2.05) is 49.4 Å². The van der Waals surface area contributed by atoms with Crippen molar-refractivity contribution >= 4 is 34.6 Å². The minimum absolute atomic E-state index is 0.206. The van der Waals surface area contributed by atoms with Crippen molar-refractivity contribution < 1.29 is 9.47 Å². The Kier molecular flexibility index (Phi) is 6.94. The Labute approximate surface area is 171 Å². The van der Waals surface area contributed by atoms with Gasteiger partial charge in [0.05, 0.1) is 18.9 Å². The molecule has 1 N–H and O–H groups in total. The van der Waals surface area contributed by atoms with E-state index in [1.165, 1.54) is 0 Å². The fourth-order valence-corrected chi connectivity index (χ4v) is 3.53. The van der Waals surface area contributed by atoms with Crippen LogP contribution in [0.25, 0.3) is 0 Å². The standard InChI is InChI=1S/C21H25ClN2O2S/c1-15-5-10-19(20(12-15)25-2)23-21(27)24(14-18-4-3-11-26-18)13-16-6-8-17(22)9-7-16/h5-10,12,18H,3-4,11,13-14H2,1-2H3,(H,23,27). The van der Waals surface area contributed by atoms with Gasteiger partial charge in [0.2, 0.25) is 0 Å². The lowest BCUT2D eigenvalue weighted by molar-refractivity contribution is 0.0905. The van der Waals surface area contributed by atoms with Gasteiger partial charge >= 0.3 is 0 Å². The summed E-state index contributed by atoms with van der Waals surface area (Å²) in [5.74, 6) is 0.779. The molecule has 4 nitrogen and oxygen atoms in total. The van der Waals surface area contributed by atoms with Crippen LogP contribution < -0.4 is 10.1 Å². The van der Waals surface area contributed by atoms with Crippen LogP contribution in [0.5, 0.6) is 5.75 Å². The summed E-state index contributed by atoms with van der Waals surface area (Å²) in [5.41, 5.74) is 3.15. The van der Waals surface area contributed by atoms with E-state index in [-0.39, 0.29) is 6.10 Å². The third kappa shape index (κ3) is 5.58. The number of hydrogen-bond acceptors (Lipinski definition) is 3. The number of thiocarbonyl (C=S) groups is 1. The number of nitrogens with one attached hydrogen (secondary N) is 1. The SMILES string of the molecule is COc1cc(C)ccc1NC(=S)N(Cc1ccc(Cl)cc1)CC1CCCO1. The highest BCUT2D eigenvalue weighted by Crippen LogP contribution is 2.26. The van der Waals surface area contributed by atoms with Crippen LogP contribution in [0.1, 0.15) is 24.0 Å². The van der Waals surface area contributed by atoms with Crippen LogP contribution in [0.3, 0.4) is 0 Å². The number of anilines is 1. The monoisotopic (exact) mass is 404 g/mol. The molecule has 0 bridgehead atoms. The van der Waals surface area contributed by atoms with Gasteiger partial charge in [-0.05, 0) is 67.4 Å². The Morgan fingerprint density at radius 3 is 2.74 bits per heavy atom. The highest BCUT2D eigenvalue weighted by Gasteiger charge is 2.21. The minimum Gasteiger partial charge on any atom is -0.495 e. The summed E-state index contributed by atoms with van der Waals surface area (Å²) in [6, 6.07) is 13.9. The lowest BCUT2D eigenvalue weighted by Crippen LogP contribution is -2.39. The number of ether oxygens (including phenoxy) is 2. The number of methoxy groups -OCH3 is 1. The predicted octanol–water partition coefficient (Wildman–Crippen LogP) is 5.04. The van der Waals surface area contributed by atoms with Gasteiger partial charge in [0.15, 0.2) is 5.11 Å². The van der Waals surface area contributed by atoms with Crippen molar-refractivity contribution in [1.29, 1.82) is 0 Å². The Hall–Kier alpha value is -1.82. The molecule has 1 atom stereocenters. The first-order chi connectivity index (χ1) is 13.0. The van der Waals surface area contributed by atoms with Gasteiger partial charge in [-0.1, -0.05) is 29.8 Å². The van der Waals surface area contributed by atoms with Gasteiger partial charge in [-0.15, -0.1) is 0 Å². The number of aryl methyl sites for hydroxylation is 1. The van der Waals surface area contributed by atoms with E-state index >= 15 is 0 Å². The zero-order chi connectivity index (χ0) is 19.2. The van der Waals surface area contributed by atoms with Crippen LogP contribution in [0.4, 0.5) is 5.69 Å². The molecule has 0 aliphatic carbocycles. The van der Waals surface area contributed by atoms with E-state index in [4.69, 9.17) is 33.3 Å². The molecule has 1 heterocycles. The van der Waals surface area contributed by atoms with E-state index in [1.54, 1.807) is 7.11 Å². The van der Waals surface area contributed by atoms with Gasteiger partial charge in [-0.2, -0.15) is 0 Å². The molecule has 3 rings (SSSR count). The van der Waals surface area contributed by atoms with Gasteiger partial charge in [-0.3, -0.25) is 0 Å². The second kappa shape index (κ2) is 9.40. The van der Waals surface area contributed by atoms with Gasteiger partial charge in [0, 0.05) is 24.7 Å². The highest BCUT2D eigenvalue weighted by atomic mass is 35.5. The molecule has 1 unspecified atom stereocenters. The summed E-state index contributed by atoms with van der Waals surface area (Å²) < 4.78 is 11.3. The van der Waals surface area contributed by atoms with E-state index in [0.717, 1.165) is 53.6 Å². The van der Waals surface area contributed by atoms with E-state index in [9.17, 15) is 0 Å². The summed E-state index contributed by atoms with van der Waals surface area (Å²) >= 11 is 11.8. The van der Waals surface area contributed by atoms with Crippen molar-refractivity contribution in [2.75, 3.05) is 25.6 Å². The van der Waals surface area contributed by atoms with E-state index in [2.05, 4.69) is 10.2 Å². The lowest BCUT2D eigenvalue weighted by Gasteiger charge is -2.29. The van der Waals surface area contributed by atoms with Gasteiger partial charge in [-0.25, -0.2) is 0 Å². The summed E-state index contributed by atoms with van der Waals surface area (Å²) in [7, 11) is 1.67. The second-order valence-electron chi connectivity index (χ2n) is 6.78. The largest absolute Gasteiger partial charge is 0.495 e. The molecule has 27 heavy (non-hydrogen) atoms. The van der Waals surface area contributed by atoms with Gasteiger partial charge in [0.1, 0.15) is 5.75 Å². The first-order valence-corrected chi connectivity index (χ1v) is 9.90. The molecule has 0 spiro atoms. The third-order valence-corrected chi connectivity index (χ3v) is 5.23. The van der Waals surface area contributed by atoms with Crippen LogP contribution >= 0.6 is 23.8 Å². The molecule has 0 aromatic heterocycles. The molecule has 0 amide bonds. The normalized spacial score (nSPS) is 16.2. The first-order valence-electron chi connectivity index (χ1n) is 9.12. The lowest BCUT2D eigenvalue weighted by atomic mass is 10.2. The van der Waals surface area contributed by atoms with Crippen LogP contribution in [-0.2, 0) is 11.3 Å². The molecule has 0 radical (unpaired) electrons. The smallest absolute Gasteiger partial charge is 0.173 e. The fourth-order valence-electron chi connectivity index (χ4n) is 3.16. The second-order valence-corrected chi connectivity index (χ2v) is 7.60. The molecule has 6 heteroatoms. The number of nitrogens with zero attached hydrogens (tertiary/aromatic N) is 1. The van der Waals surface area contributed by atoms with Crippen molar-refractivity contribution in [2.45, 2.75) is 32.4 Å². The molecule has 2 aromatic carbocycles. The maximum absolute atomic E-state index is 6.02. The van der Waals surface area contributed by atoms with Gasteiger partial charge in [0.25, 0.3) is 0 Å². The van der Waals surface area contributed by atoms with Crippen molar-refractivity contribution in [3.63, 3.8) is 0 Å². The quantitative estimate of drug-likeness (QED) is 0.682. The Bertz CT molecular complexity index is 776. The van der Waals surface area contributed by atoms with Gasteiger partial charge < -0.3 is 19.7 Å². The molecular weight excluding hydrogens is 380 g/mol. The predicted molar refractivity (Wildman–Crippen MR) is 115 cm³/mol. The molecule has 2 aromatic rings.